The zero-order valence-corrected chi connectivity index (χ0v) is 16.3. The number of carbonyl (C=O) groups excluding carboxylic acids is 3. The van der Waals surface area contributed by atoms with E-state index in [0.29, 0.717) is 23.4 Å². The number of rotatable bonds is 7. The van der Waals surface area contributed by atoms with E-state index >= 15 is 0 Å². The van der Waals surface area contributed by atoms with E-state index < -0.39 is 5.97 Å². The van der Waals surface area contributed by atoms with Crippen LogP contribution < -0.4 is 5.32 Å². The molecule has 0 spiro atoms. The molecule has 150 valence electrons. The fourth-order valence-electron chi connectivity index (χ4n) is 2.97. The van der Waals surface area contributed by atoms with E-state index in [4.69, 9.17) is 9.47 Å². The van der Waals surface area contributed by atoms with Crippen molar-refractivity contribution in [2.24, 2.45) is 0 Å². The average molecular weight is 394 g/mol. The topological polar surface area (TPSA) is 86.6 Å². The van der Waals surface area contributed by atoms with Crippen molar-refractivity contribution in [1.82, 2.24) is 4.57 Å². The minimum absolute atomic E-state index is 0.0256. The highest BCUT2D eigenvalue weighted by Gasteiger charge is 2.16. The fourth-order valence-corrected chi connectivity index (χ4v) is 2.97. The number of hydrogen-bond donors (Lipinski definition) is 1. The first kappa shape index (κ1) is 20.1. The van der Waals surface area contributed by atoms with Gasteiger partial charge in [-0.3, -0.25) is 4.79 Å². The van der Waals surface area contributed by atoms with Gasteiger partial charge in [0.1, 0.15) is 6.54 Å². The number of carbonyl (C=O) groups is 3. The highest BCUT2D eigenvalue weighted by Crippen LogP contribution is 2.22. The van der Waals surface area contributed by atoms with Crippen LogP contribution in [-0.2, 0) is 20.8 Å². The first-order valence-electron chi connectivity index (χ1n) is 9.26. The summed E-state index contributed by atoms with van der Waals surface area (Å²) in [6.45, 7) is 2.32. The Morgan fingerprint density at radius 1 is 1.00 bits per heavy atom. The number of ether oxygens (including phenoxy) is 2. The van der Waals surface area contributed by atoms with Crippen molar-refractivity contribution >= 4 is 34.4 Å². The zero-order chi connectivity index (χ0) is 20.8. The van der Waals surface area contributed by atoms with Crippen LogP contribution in [0.15, 0.2) is 54.7 Å². The molecule has 1 aromatic heterocycles. The first-order valence-corrected chi connectivity index (χ1v) is 9.26. The molecule has 0 aliphatic rings. The van der Waals surface area contributed by atoms with Crippen molar-refractivity contribution in [2.75, 3.05) is 19.0 Å². The monoisotopic (exact) mass is 394 g/mol. The van der Waals surface area contributed by atoms with Crippen LogP contribution in [0.5, 0.6) is 0 Å². The summed E-state index contributed by atoms with van der Waals surface area (Å²) in [5.74, 6) is -1.10. The minimum Gasteiger partial charge on any atom is -0.465 e. The van der Waals surface area contributed by atoms with Gasteiger partial charge in [0.2, 0.25) is 5.91 Å². The highest BCUT2D eigenvalue weighted by molar-refractivity contribution is 6.05. The van der Waals surface area contributed by atoms with Gasteiger partial charge in [-0.25, -0.2) is 9.59 Å². The van der Waals surface area contributed by atoms with Crippen molar-refractivity contribution in [1.29, 1.82) is 0 Å². The number of amides is 1. The molecule has 1 heterocycles. The minimum atomic E-state index is -0.453. The predicted molar refractivity (Wildman–Crippen MR) is 109 cm³/mol. The smallest absolute Gasteiger partial charge is 0.340 e. The van der Waals surface area contributed by atoms with E-state index in [-0.39, 0.29) is 18.4 Å². The number of esters is 2. The van der Waals surface area contributed by atoms with E-state index in [0.717, 1.165) is 17.3 Å². The second-order valence-electron chi connectivity index (χ2n) is 6.44. The summed E-state index contributed by atoms with van der Waals surface area (Å²) >= 11 is 0. The Balaban J connectivity index is 1.71. The van der Waals surface area contributed by atoms with E-state index in [1.165, 1.54) is 7.11 Å². The number of nitrogens with zero attached hydrogens (tertiary/aromatic N) is 1. The summed E-state index contributed by atoms with van der Waals surface area (Å²) in [6.07, 6.45) is 2.37. The Hall–Kier alpha value is -3.61. The molecule has 0 fully saturated rings. The normalized spacial score (nSPS) is 10.6. The molecular formula is C22H22N2O5. The van der Waals surface area contributed by atoms with E-state index in [1.54, 1.807) is 35.0 Å². The number of benzene rings is 2. The third-order valence-electron chi connectivity index (χ3n) is 4.35. The molecule has 0 atom stereocenters. The molecule has 0 radical (unpaired) electrons. The standard InChI is InChI=1S/C22H22N2O5/c1-3-12-29-21(26)15-8-10-16(11-9-15)23-20(25)14-24-13-18(22(27)28-2)17-6-4-5-7-19(17)24/h4-11,13H,3,12,14H2,1-2H3,(H,23,25). The largest absolute Gasteiger partial charge is 0.465 e. The van der Waals surface area contributed by atoms with Crippen molar-refractivity contribution in [3.8, 4) is 0 Å². The predicted octanol–water partition coefficient (Wildman–Crippen LogP) is 3.63. The maximum absolute atomic E-state index is 12.5. The molecule has 29 heavy (non-hydrogen) atoms. The summed E-state index contributed by atoms with van der Waals surface area (Å²) in [7, 11) is 1.32. The Morgan fingerprint density at radius 3 is 2.41 bits per heavy atom. The maximum atomic E-state index is 12.5. The molecular weight excluding hydrogens is 372 g/mol. The third kappa shape index (κ3) is 4.63. The first-order chi connectivity index (χ1) is 14.0. The Morgan fingerprint density at radius 2 is 1.72 bits per heavy atom. The number of nitrogens with one attached hydrogen (secondary N) is 1. The lowest BCUT2D eigenvalue weighted by Gasteiger charge is -2.08. The number of methoxy groups -OCH3 is 1. The molecule has 0 saturated heterocycles. The Bertz CT molecular complexity index is 1040. The van der Waals surface area contributed by atoms with Gasteiger partial charge in [-0.05, 0) is 36.8 Å². The van der Waals surface area contributed by atoms with Gasteiger partial charge < -0.3 is 19.4 Å². The molecule has 1 N–H and O–H groups in total. The third-order valence-corrected chi connectivity index (χ3v) is 4.35. The van der Waals surface area contributed by atoms with E-state index in [1.807, 2.05) is 31.2 Å². The summed E-state index contributed by atoms with van der Waals surface area (Å²) in [5, 5.41) is 3.51. The quantitative estimate of drug-likeness (QED) is 0.619. The van der Waals surface area contributed by atoms with Gasteiger partial charge >= 0.3 is 11.9 Å². The van der Waals surface area contributed by atoms with Crippen LogP contribution in [0.2, 0.25) is 0 Å². The van der Waals surface area contributed by atoms with Crippen LogP contribution in [0.1, 0.15) is 34.1 Å². The van der Waals surface area contributed by atoms with Crippen LogP contribution in [0, 0.1) is 0 Å². The average Bonchev–Trinajstić information content (AvgIpc) is 3.10. The van der Waals surface area contributed by atoms with Crippen molar-refractivity contribution in [3.05, 3.63) is 65.9 Å². The van der Waals surface area contributed by atoms with Crippen molar-refractivity contribution in [3.63, 3.8) is 0 Å². The van der Waals surface area contributed by atoms with Crippen LogP contribution in [0.4, 0.5) is 5.69 Å². The molecule has 7 nitrogen and oxygen atoms in total. The molecule has 1 amide bonds. The van der Waals surface area contributed by atoms with Gasteiger partial charge in [-0.15, -0.1) is 0 Å². The van der Waals surface area contributed by atoms with Gasteiger partial charge in [0.15, 0.2) is 0 Å². The number of para-hydroxylation sites is 1. The number of fused-ring (bicyclic) bond motifs is 1. The zero-order valence-electron chi connectivity index (χ0n) is 16.3. The van der Waals surface area contributed by atoms with Crippen molar-refractivity contribution in [2.45, 2.75) is 19.9 Å². The van der Waals surface area contributed by atoms with Crippen LogP contribution in [0.3, 0.4) is 0 Å². The number of anilines is 1. The molecule has 0 aliphatic carbocycles. The van der Waals surface area contributed by atoms with Crippen LogP contribution in [0.25, 0.3) is 10.9 Å². The molecule has 0 saturated carbocycles. The lowest BCUT2D eigenvalue weighted by Crippen LogP contribution is -2.18. The number of hydrogen-bond acceptors (Lipinski definition) is 5. The van der Waals surface area contributed by atoms with Gasteiger partial charge in [-0.1, -0.05) is 25.1 Å². The molecule has 3 aromatic rings. The molecule has 3 rings (SSSR count). The summed E-state index contributed by atoms with van der Waals surface area (Å²) in [6, 6.07) is 13.8. The highest BCUT2D eigenvalue weighted by atomic mass is 16.5. The fraction of sp³-hybridized carbons (Fsp3) is 0.227. The van der Waals surface area contributed by atoms with Crippen molar-refractivity contribution < 1.29 is 23.9 Å². The van der Waals surface area contributed by atoms with E-state index in [9.17, 15) is 14.4 Å². The van der Waals surface area contributed by atoms with Gasteiger partial charge in [0.05, 0.1) is 24.8 Å². The maximum Gasteiger partial charge on any atom is 0.340 e. The number of aromatic nitrogens is 1. The molecule has 7 heteroatoms. The lowest BCUT2D eigenvalue weighted by atomic mass is 10.2. The molecule has 0 bridgehead atoms. The van der Waals surface area contributed by atoms with Crippen LogP contribution in [-0.4, -0.2) is 36.1 Å². The SMILES string of the molecule is CCCOC(=O)c1ccc(NC(=O)Cn2cc(C(=O)OC)c3ccccc32)cc1. The van der Waals surface area contributed by atoms with Gasteiger partial charge in [0.25, 0.3) is 0 Å². The van der Waals surface area contributed by atoms with Gasteiger partial charge in [0, 0.05) is 22.8 Å². The summed E-state index contributed by atoms with van der Waals surface area (Å²) in [5.41, 5.74) is 2.16. The molecule has 0 aliphatic heterocycles. The lowest BCUT2D eigenvalue weighted by molar-refractivity contribution is -0.116. The Labute approximate surface area is 168 Å². The second kappa shape index (κ2) is 9.05. The molecule has 0 unspecified atom stereocenters. The van der Waals surface area contributed by atoms with Crippen LogP contribution >= 0.6 is 0 Å². The Kier molecular flexibility index (Phi) is 6.29. The second-order valence-corrected chi connectivity index (χ2v) is 6.44. The molecule has 2 aromatic carbocycles. The van der Waals surface area contributed by atoms with Gasteiger partial charge in [-0.2, -0.15) is 0 Å². The van der Waals surface area contributed by atoms with E-state index in [2.05, 4.69) is 5.32 Å². The summed E-state index contributed by atoms with van der Waals surface area (Å²) in [4.78, 5) is 36.3. The summed E-state index contributed by atoms with van der Waals surface area (Å²) < 4.78 is 11.6.